The Morgan fingerprint density at radius 1 is 1.44 bits per heavy atom. The summed E-state index contributed by atoms with van der Waals surface area (Å²) in [6.07, 6.45) is 0. The number of nitrogens with zero attached hydrogens (tertiary/aromatic N) is 1. The molecule has 16 heavy (non-hydrogen) atoms. The van der Waals surface area contributed by atoms with E-state index in [0.717, 1.165) is 0 Å². The van der Waals surface area contributed by atoms with Gasteiger partial charge in [0.05, 0.1) is 6.61 Å². The lowest BCUT2D eigenvalue weighted by Crippen LogP contribution is -2.25. The highest BCUT2D eigenvalue weighted by molar-refractivity contribution is 6.30. The van der Waals surface area contributed by atoms with Crippen molar-refractivity contribution in [3.05, 3.63) is 29.8 Å². The highest BCUT2D eigenvalue weighted by Crippen LogP contribution is 2.30. The largest absolute Gasteiger partial charge is 0.494 e. The molecule has 0 aromatic heterocycles. The molecule has 3 nitrogen and oxygen atoms in total. The Morgan fingerprint density at radius 3 is 2.62 bits per heavy atom. The van der Waals surface area contributed by atoms with Crippen molar-refractivity contribution in [1.82, 2.24) is 4.90 Å². The molecule has 0 N–H and O–H groups in total. The van der Waals surface area contributed by atoms with Gasteiger partial charge in [0, 0.05) is 19.7 Å². The number of benzene rings is 1. The highest BCUT2D eigenvalue weighted by atomic mass is 35.5. The molecular weight excluding hydrogens is 226 g/mol. The second kappa shape index (κ2) is 5.75. The summed E-state index contributed by atoms with van der Waals surface area (Å²) in [4.78, 5) is 13.2. The molecule has 1 aromatic rings. The van der Waals surface area contributed by atoms with E-state index in [-0.39, 0.29) is 5.91 Å². The normalized spacial score (nSPS) is 12.0. The van der Waals surface area contributed by atoms with Crippen molar-refractivity contribution >= 4 is 17.5 Å². The average Bonchev–Trinajstić information content (AvgIpc) is 2.28. The van der Waals surface area contributed by atoms with Gasteiger partial charge < -0.3 is 9.64 Å². The van der Waals surface area contributed by atoms with Gasteiger partial charge in [-0.15, -0.1) is 11.6 Å². The minimum atomic E-state index is -0.697. The van der Waals surface area contributed by atoms with Gasteiger partial charge >= 0.3 is 0 Å². The number of hydrogen-bond acceptors (Lipinski definition) is 2. The number of hydrogen-bond donors (Lipinski definition) is 0. The average molecular weight is 242 g/mol. The minimum Gasteiger partial charge on any atom is -0.494 e. The first kappa shape index (κ1) is 12.8. The lowest BCUT2D eigenvalue weighted by atomic mass is 10.1. The van der Waals surface area contributed by atoms with E-state index in [0.29, 0.717) is 17.9 Å². The van der Waals surface area contributed by atoms with Crippen molar-refractivity contribution in [1.29, 1.82) is 0 Å². The number of para-hydroxylation sites is 1. The molecule has 1 unspecified atom stereocenters. The maximum absolute atomic E-state index is 11.7. The van der Waals surface area contributed by atoms with Crippen molar-refractivity contribution < 1.29 is 9.53 Å². The van der Waals surface area contributed by atoms with Crippen LogP contribution in [-0.2, 0) is 4.79 Å². The number of carbonyl (C=O) groups is 1. The summed E-state index contributed by atoms with van der Waals surface area (Å²) in [6, 6.07) is 7.33. The fourth-order valence-electron chi connectivity index (χ4n) is 1.34. The highest BCUT2D eigenvalue weighted by Gasteiger charge is 2.22. The zero-order valence-electron chi connectivity index (χ0n) is 9.74. The predicted octanol–water partition coefficient (Wildman–Crippen LogP) is 2.45. The van der Waals surface area contributed by atoms with Crippen LogP contribution in [0.4, 0.5) is 0 Å². The maximum Gasteiger partial charge on any atom is 0.244 e. The van der Waals surface area contributed by atoms with Crippen LogP contribution >= 0.6 is 11.6 Å². The SMILES string of the molecule is CCOc1ccccc1C(Cl)C(=O)N(C)C. The first-order chi connectivity index (χ1) is 7.57. The monoisotopic (exact) mass is 241 g/mol. The Labute approximate surface area is 101 Å². The number of alkyl halides is 1. The first-order valence-corrected chi connectivity index (χ1v) is 5.58. The Hall–Kier alpha value is -1.22. The molecule has 0 bridgehead atoms. The molecule has 88 valence electrons. The molecule has 0 radical (unpaired) electrons. The summed E-state index contributed by atoms with van der Waals surface area (Å²) in [5, 5.41) is -0.697. The number of ether oxygens (including phenoxy) is 1. The molecule has 1 aromatic carbocycles. The molecule has 0 saturated carbocycles. The predicted molar refractivity (Wildman–Crippen MR) is 64.9 cm³/mol. The van der Waals surface area contributed by atoms with Gasteiger partial charge in [-0.1, -0.05) is 18.2 Å². The molecule has 0 fully saturated rings. The van der Waals surface area contributed by atoms with Crippen molar-refractivity contribution in [3.63, 3.8) is 0 Å². The number of rotatable bonds is 4. The lowest BCUT2D eigenvalue weighted by molar-refractivity contribution is -0.128. The van der Waals surface area contributed by atoms with Gasteiger partial charge in [0.2, 0.25) is 5.91 Å². The van der Waals surface area contributed by atoms with Crippen LogP contribution in [0.25, 0.3) is 0 Å². The quantitative estimate of drug-likeness (QED) is 0.758. The number of halogens is 1. The number of carbonyl (C=O) groups excluding carboxylic acids is 1. The summed E-state index contributed by atoms with van der Waals surface area (Å²) < 4.78 is 5.43. The molecule has 0 aliphatic carbocycles. The number of amides is 1. The molecule has 0 aliphatic rings. The summed E-state index contributed by atoms with van der Waals surface area (Å²) in [5.41, 5.74) is 0.713. The van der Waals surface area contributed by atoms with E-state index >= 15 is 0 Å². The molecule has 0 spiro atoms. The van der Waals surface area contributed by atoms with E-state index < -0.39 is 5.38 Å². The minimum absolute atomic E-state index is 0.145. The van der Waals surface area contributed by atoms with E-state index in [1.807, 2.05) is 31.2 Å². The standard InChI is InChI=1S/C12H16ClNO2/c1-4-16-10-8-6-5-7-9(10)11(13)12(15)14(2)3/h5-8,11H,4H2,1-3H3. The van der Waals surface area contributed by atoms with E-state index in [9.17, 15) is 4.79 Å². The van der Waals surface area contributed by atoms with Crippen LogP contribution in [0, 0.1) is 0 Å². The summed E-state index contributed by atoms with van der Waals surface area (Å²) in [7, 11) is 3.36. The van der Waals surface area contributed by atoms with Gasteiger partial charge in [0.25, 0.3) is 0 Å². The Morgan fingerprint density at radius 2 is 2.06 bits per heavy atom. The van der Waals surface area contributed by atoms with Crippen molar-refractivity contribution in [2.24, 2.45) is 0 Å². The summed E-state index contributed by atoms with van der Waals surface area (Å²) in [6.45, 7) is 2.45. The van der Waals surface area contributed by atoms with E-state index in [1.54, 1.807) is 14.1 Å². The molecule has 4 heteroatoms. The fraction of sp³-hybridized carbons (Fsp3) is 0.417. The molecular formula is C12H16ClNO2. The van der Waals surface area contributed by atoms with Crippen LogP contribution < -0.4 is 4.74 Å². The van der Waals surface area contributed by atoms with Crippen LogP contribution in [0.3, 0.4) is 0 Å². The smallest absolute Gasteiger partial charge is 0.244 e. The molecule has 0 aliphatic heterocycles. The number of likely N-dealkylation sites (N-methyl/N-ethyl adjacent to an activating group) is 1. The van der Waals surface area contributed by atoms with Crippen molar-refractivity contribution in [3.8, 4) is 5.75 Å². The second-order valence-corrected chi connectivity index (χ2v) is 4.00. The molecule has 0 saturated heterocycles. The van der Waals surface area contributed by atoms with E-state index in [4.69, 9.17) is 16.3 Å². The Balaban J connectivity index is 2.98. The maximum atomic E-state index is 11.7. The third kappa shape index (κ3) is 2.89. The lowest BCUT2D eigenvalue weighted by Gasteiger charge is -2.17. The van der Waals surface area contributed by atoms with Crippen molar-refractivity contribution in [2.75, 3.05) is 20.7 Å². The molecule has 1 rings (SSSR count). The van der Waals surface area contributed by atoms with Crippen LogP contribution in [0.5, 0.6) is 5.75 Å². The van der Waals surface area contributed by atoms with Crippen LogP contribution in [0.15, 0.2) is 24.3 Å². The Bertz CT molecular complexity index is 366. The zero-order chi connectivity index (χ0) is 12.1. The van der Waals surface area contributed by atoms with Crippen LogP contribution in [0.1, 0.15) is 17.9 Å². The van der Waals surface area contributed by atoms with Gasteiger partial charge in [-0.25, -0.2) is 0 Å². The zero-order valence-corrected chi connectivity index (χ0v) is 10.5. The summed E-state index contributed by atoms with van der Waals surface area (Å²) in [5.74, 6) is 0.522. The van der Waals surface area contributed by atoms with Gasteiger partial charge in [-0.05, 0) is 13.0 Å². The Kier molecular flexibility index (Phi) is 4.62. The second-order valence-electron chi connectivity index (χ2n) is 3.57. The van der Waals surface area contributed by atoms with Gasteiger partial charge in [0.1, 0.15) is 11.1 Å². The van der Waals surface area contributed by atoms with Crippen LogP contribution in [0.2, 0.25) is 0 Å². The van der Waals surface area contributed by atoms with Crippen molar-refractivity contribution in [2.45, 2.75) is 12.3 Å². The third-order valence-electron chi connectivity index (χ3n) is 2.15. The fourth-order valence-corrected chi connectivity index (χ4v) is 1.71. The van der Waals surface area contributed by atoms with Gasteiger partial charge in [0.15, 0.2) is 0 Å². The third-order valence-corrected chi connectivity index (χ3v) is 2.57. The molecule has 1 amide bonds. The topological polar surface area (TPSA) is 29.5 Å². The van der Waals surface area contributed by atoms with Gasteiger partial charge in [-0.3, -0.25) is 4.79 Å². The first-order valence-electron chi connectivity index (χ1n) is 5.14. The van der Waals surface area contributed by atoms with E-state index in [1.165, 1.54) is 4.90 Å². The van der Waals surface area contributed by atoms with E-state index in [2.05, 4.69) is 0 Å². The molecule has 1 atom stereocenters. The molecule has 0 heterocycles. The van der Waals surface area contributed by atoms with Gasteiger partial charge in [-0.2, -0.15) is 0 Å². The summed E-state index contributed by atoms with van der Waals surface area (Å²) >= 11 is 6.12. The van der Waals surface area contributed by atoms with Crippen LogP contribution in [-0.4, -0.2) is 31.5 Å².